The summed E-state index contributed by atoms with van der Waals surface area (Å²) in [6.07, 6.45) is 3.05. The molecule has 0 saturated carbocycles. The fourth-order valence-corrected chi connectivity index (χ4v) is 2.68. The van der Waals surface area contributed by atoms with Gasteiger partial charge in [0.25, 0.3) is 0 Å². The zero-order valence-electron chi connectivity index (χ0n) is 11.4. The number of nitrogens with zero attached hydrogens (tertiary/aromatic N) is 1. The Hall–Kier alpha value is -1.58. The van der Waals surface area contributed by atoms with E-state index in [1.165, 1.54) is 7.11 Å². The molecule has 18 heavy (non-hydrogen) atoms. The quantitative estimate of drug-likeness (QED) is 0.756. The molecule has 4 nitrogen and oxygen atoms in total. The Morgan fingerprint density at radius 1 is 1.44 bits per heavy atom. The lowest BCUT2D eigenvalue weighted by atomic mass is 9.75. The van der Waals surface area contributed by atoms with E-state index in [-0.39, 0.29) is 11.2 Å². The van der Waals surface area contributed by atoms with Crippen molar-refractivity contribution in [1.82, 2.24) is 4.57 Å². The first kappa shape index (κ1) is 12.9. The van der Waals surface area contributed by atoms with Gasteiger partial charge in [0.15, 0.2) is 5.78 Å². The van der Waals surface area contributed by atoms with E-state index in [2.05, 4.69) is 13.8 Å². The lowest BCUT2D eigenvalue weighted by Crippen LogP contribution is -2.28. The molecule has 0 unspecified atom stereocenters. The van der Waals surface area contributed by atoms with Gasteiger partial charge in [-0.1, -0.05) is 13.8 Å². The zero-order chi connectivity index (χ0) is 13.5. The number of ketones is 1. The van der Waals surface area contributed by atoms with E-state index < -0.39 is 5.97 Å². The van der Waals surface area contributed by atoms with Crippen molar-refractivity contribution in [3.05, 3.63) is 23.0 Å². The predicted molar refractivity (Wildman–Crippen MR) is 67.9 cm³/mol. The van der Waals surface area contributed by atoms with Crippen molar-refractivity contribution in [3.63, 3.8) is 0 Å². The van der Waals surface area contributed by atoms with Crippen LogP contribution in [0.25, 0.3) is 0 Å². The average Bonchev–Trinajstić information content (AvgIpc) is 2.65. The second-order valence-corrected chi connectivity index (χ2v) is 5.58. The summed E-state index contributed by atoms with van der Waals surface area (Å²) >= 11 is 0. The molecule has 0 bridgehead atoms. The van der Waals surface area contributed by atoms with E-state index >= 15 is 0 Å². The van der Waals surface area contributed by atoms with Crippen molar-refractivity contribution in [1.29, 1.82) is 0 Å². The second kappa shape index (κ2) is 4.26. The Morgan fingerprint density at radius 3 is 2.67 bits per heavy atom. The molecule has 1 aromatic heterocycles. The predicted octanol–water partition coefficient (Wildman–Crippen LogP) is 2.45. The van der Waals surface area contributed by atoms with Crippen LogP contribution in [0.2, 0.25) is 0 Å². The third-order valence-electron chi connectivity index (χ3n) is 3.50. The third-order valence-corrected chi connectivity index (χ3v) is 3.50. The first-order valence-corrected chi connectivity index (χ1v) is 6.23. The minimum absolute atomic E-state index is 0.0389. The smallest absolute Gasteiger partial charge is 0.340 e. The van der Waals surface area contributed by atoms with E-state index in [1.54, 1.807) is 6.20 Å². The van der Waals surface area contributed by atoms with E-state index in [9.17, 15) is 9.59 Å². The van der Waals surface area contributed by atoms with E-state index in [1.807, 2.05) is 11.5 Å². The first-order chi connectivity index (χ1) is 8.39. The molecule has 0 aromatic carbocycles. The van der Waals surface area contributed by atoms with Gasteiger partial charge in [-0.3, -0.25) is 4.79 Å². The van der Waals surface area contributed by atoms with E-state index in [0.29, 0.717) is 17.5 Å². The maximum Gasteiger partial charge on any atom is 0.340 e. The maximum absolute atomic E-state index is 12.3. The topological polar surface area (TPSA) is 48.3 Å². The Balaban J connectivity index is 2.60. The molecular weight excluding hydrogens is 230 g/mol. The number of aryl methyl sites for hydroxylation is 1. The van der Waals surface area contributed by atoms with Crippen molar-refractivity contribution < 1.29 is 14.3 Å². The summed E-state index contributed by atoms with van der Waals surface area (Å²) in [7, 11) is 1.34. The first-order valence-electron chi connectivity index (χ1n) is 6.23. The van der Waals surface area contributed by atoms with Gasteiger partial charge in [-0.05, 0) is 18.8 Å². The number of aromatic nitrogens is 1. The van der Waals surface area contributed by atoms with Gasteiger partial charge in [0.2, 0.25) is 0 Å². The van der Waals surface area contributed by atoms with Gasteiger partial charge in [-0.15, -0.1) is 0 Å². The van der Waals surface area contributed by atoms with Crippen LogP contribution >= 0.6 is 0 Å². The SMILES string of the molecule is CCn1cc(C(=O)OC)c2c1CC(C)(C)CC2=O. The van der Waals surface area contributed by atoms with Gasteiger partial charge < -0.3 is 9.30 Å². The molecule has 1 heterocycles. The minimum atomic E-state index is -0.425. The Labute approximate surface area is 107 Å². The fraction of sp³-hybridized carbons (Fsp3) is 0.571. The van der Waals surface area contributed by atoms with Crippen LogP contribution in [0.1, 0.15) is 53.6 Å². The van der Waals surface area contributed by atoms with Crippen LogP contribution in [0.4, 0.5) is 0 Å². The monoisotopic (exact) mass is 249 g/mol. The van der Waals surface area contributed by atoms with Gasteiger partial charge in [0.1, 0.15) is 0 Å². The highest BCUT2D eigenvalue weighted by Crippen LogP contribution is 2.37. The Bertz CT molecular complexity index is 511. The molecule has 0 aliphatic heterocycles. The highest BCUT2D eigenvalue weighted by Gasteiger charge is 2.36. The highest BCUT2D eigenvalue weighted by molar-refractivity contribution is 6.08. The average molecular weight is 249 g/mol. The van der Waals surface area contributed by atoms with E-state index in [0.717, 1.165) is 18.7 Å². The molecule has 0 amide bonds. The molecule has 0 atom stereocenters. The number of methoxy groups -OCH3 is 1. The summed E-state index contributed by atoms with van der Waals surface area (Å²) in [5.41, 5.74) is 1.92. The lowest BCUT2D eigenvalue weighted by Gasteiger charge is -2.29. The minimum Gasteiger partial charge on any atom is -0.465 e. The summed E-state index contributed by atoms with van der Waals surface area (Å²) in [5.74, 6) is -0.375. The number of Topliss-reactive ketones (excluding diaryl/α,β-unsaturated/α-hetero) is 1. The zero-order valence-corrected chi connectivity index (χ0v) is 11.4. The number of rotatable bonds is 2. The largest absolute Gasteiger partial charge is 0.465 e. The molecule has 1 aliphatic rings. The molecule has 1 aliphatic carbocycles. The number of hydrogen-bond donors (Lipinski definition) is 0. The number of ether oxygens (including phenoxy) is 1. The summed E-state index contributed by atoms with van der Waals surface area (Å²) in [5, 5.41) is 0. The molecule has 4 heteroatoms. The van der Waals surface area contributed by atoms with Crippen LogP contribution < -0.4 is 0 Å². The molecule has 2 rings (SSSR count). The van der Waals surface area contributed by atoms with E-state index in [4.69, 9.17) is 4.74 Å². The van der Waals surface area contributed by atoms with Gasteiger partial charge in [0.05, 0.1) is 18.2 Å². The van der Waals surface area contributed by atoms with Crippen LogP contribution in [0.5, 0.6) is 0 Å². The van der Waals surface area contributed by atoms with Gasteiger partial charge >= 0.3 is 5.97 Å². The summed E-state index contributed by atoms with van der Waals surface area (Å²) < 4.78 is 6.74. The number of carbonyl (C=O) groups is 2. The molecular formula is C14H19NO3. The Kier molecular flexibility index (Phi) is 3.05. The lowest BCUT2D eigenvalue weighted by molar-refractivity contribution is 0.0595. The molecule has 0 N–H and O–H groups in total. The van der Waals surface area contributed by atoms with Crippen molar-refractivity contribution >= 4 is 11.8 Å². The number of hydrogen-bond acceptors (Lipinski definition) is 3. The van der Waals surface area contributed by atoms with Gasteiger partial charge in [-0.25, -0.2) is 4.79 Å². The van der Waals surface area contributed by atoms with Crippen LogP contribution in [-0.2, 0) is 17.7 Å². The van der Waals surface area contributed by atoms with Crippen LogP contribution in [0.15, 0.2) is 6.20 Å². The number of esters is 1. The third kappa shape index (κ3) is 1.96. The molecule has 0 saturated heterocycles. The van der Waals surface area contributed by atoms with Crippen molar-refractivity contribution in [2.24, 2.45) is 5.41 Å². The maximum atomic E-state index is 12.3. The second-order valence-electron chi connectivity index (χ2n) is 5.58. The van der Waals surface area contributed by atoms with Gasteiger partial charge in [-0.2, -0.15) is 0 Å². The summed E-state index contributed by atoms with van der Waals surface area (Å²) in [6, 6.07) is 0. The molecule has 0 spiro atoms. The molecule has 1 aromatic rings. The standard InChI is InChI=1S/C14H19NO3/c1-5-15-8-9(13(17)18-4)12-10(15)6-14(2,3)7-11(12)16/h8H,5-7H2,1-4H3. The molecule has 0 fully saturated rings. The molecule has 0 radical (unpaired) electrons. The Morgan fingerprint density at radius 2 is 2.11 bits per heavy atom. The van der Waals surface area contributed by atoms with Gasteiger partial charge in [0, 0.05) is 24.9 Å². The van der Waals surface area contributed by atoms with Crippen molar-refractivity contribution in [3.8, 4) is 0 Å². The number of carbonyl (C=O) groups excluding carboxylic acids is 2. The van der Waals surface area contributed by atoms with Crippen molar-refractivity contribution in [2.45, 2.75) is 40.2 Å². The van der Waals surface area contributed by atoms with Crippen molar-refractivity contribution in [2.75, 3.05) is 7.11 Å². The highest BCUT2D eigenvalue weighted by atomic mass is 16.5. The summed E-state index contributed by atoms with van der Waals surface area (Å²) in [4.78, 5) is 24.0. The number of fused-ring (bicyclic) bond motifs is 1. The van der Waals surface area contributed by atoms with Crippen LogP contribution in [-0.4, -0.2) is 23.4 Å². The normalized spacial score (nSPS) is 17.4. The van der Waals surface area contributed by atoms with Crippen LogP contribution in [0, 0.1) is 5.41 Å². The fourth-order valence-electron chi connectivity index (χ4n) is 2.68. The summed E-state index contributed by atoms with van der Waals surface area (Å²) in [6.45, 7) is 6.92. The van der Waals surface area contributed by atoms with Crippen LogP contribution in [0.3, 0.4) is 0 Å². The molecule has 98 valence electrons.